The van der Waals surface area contributed by atoms with Crippen LogP contribution in [0.5, 0.6) is 0 Å². The van der Waals surface area contributed by atoms with Gasteiger partial charge in [-0.1, -0.05) is 27.7 Å². The normalized spacial score (nSPS) is 14.6. The number of rotatable bonds is 2. The molecule has 0 radical (unpaired) electrons. The van der Waals surface area contributed by atoms with E-state index >= 15 is 0 Å². The van der Waals surface area contributed by atoms with Crippen LogP contribution in [0.3, 0.4) is 0 Å². The summed E-state index contributed by atoms with van der Waals surface area (Å²) in [5.41, 5.74) is 0.0397. The van der Waals surface area contributed by atoms with Gasteiger partial charge in [0.1, 0.15) is 12.0 Å². The van der Waals surface area contributed by atoms with E-state index in [0.29, 0.717) is 0 Å². The predicted molar refractivity (Wildman–Crippen MR) is 83.3 cm³/mol. The van der Waals surface area contributed by atoms with Gasteiger partial charge in [-0.3, -0.25) is 10.1 Å². The summed E-state index contributed by atoms with van der Waals surface area (Å²) in [4.78, 5) is 18.6. The molecule has 0 spiro atoms. The molecule has 1 fully saturated rings. The number of pyridine rings is 1. The van der Waals surface area contributed by atoms with Crippen molar-refractivity contribution in [2.24, 2.45) is 0 Å². The Morgan fingerprint density at radius 2 is 1.65 bits per heavy atom. The minimum atomic E-state index is -0.430. The number of aromatic nitrogens is 1. The number of nitrogens with zero attached hydrogens (tertiary/aromatic N) is 4. The van der Waals surface area contributed by atoms with Crippen molar-refractivity contribution in [2.45, 2.75) is 27.7 Å². The summed E-state index contributed by atoms with van der Waals surface area (Å²) in [6, 6.07) is 3.21. The lowest BCUT2D eigenvalue weighted by Gasteiger charge is -2.33. The molecule has 114 valence electrons. The molecule has 0 N–H and O–H groups in total. The number of hydrogen-bond donors (Lipinski definition) is 0. The predicted octanol–water partition coefficient (Wildman–Crippen LogP) is 2.79. The average molecular weight is 282 g/mol. The highest BCUT2D eigenvalue weighted by Crippen LogP contribution is 2.16. The van der Waals surface area contributed by atoms with Gasteiger partial charge in [-0.25, -0.2) is 4.98 Å². The Morgan fingerprint density at radius 1 is 1.10 bits per heavy atom. The second-order valence-electron chi connectivity index (χ2n) is 3.92. The van der Waals surface area contributed by atoms with Crippen LogP contribution < -0.4 is 4.90 Å². The third-order valence-electron chi connectivity index (χ3n) is 2.77. The third-order valence-corrected chi connectivity index (χ3v) is 2.77. The first-order chi connectivity index (χ1) is 9.66. The maximum absolute atomic E-state index is 10.5. The number of likely N-dealkylation sites (N-methyl/N-ethyl adjacent to an activating group) is 1. The maximum Gasteiger partial charge on any atom is 0.287 e. The Labute approximate surface area is 121 Å². The van der Waals surface area contributed by atoms with Crippen molar-refractivity contribution in [1.82, 2.24) is 9.88 Å². The molecular formula is C14H26N4O2. The van der Waals surface area contributed by atoms with Crippen molar-refractivity contribution >= 4 is 11.5 Å². The molecule has 0 saturated carbocycles. The first-order valence-corrected chi connectivity index (χ1v) is 7.21. The first kappa shape index (κ1) is 18.3. The first-order valence-electron chi connectivity index (χ1n) is 7.21. The molecule has 0 atom stereocenters. The summed E-state index contributed by atoms with van der Waals surface area (Å²) in [6.45, 7) is 11.8. The van der Waals surface area contributed by atoms with Crippen LogP contribution in [0.1, 0.15) is 27.7 Å². The highest BCUT2D eigenvalue weighted by atomic mass is 16.6. The Hall–Kier alpha value is -1.69. The third kappa shape index (κ3) is 5.52. The number of anilines is 1. The Morgan fingerprint density at radius 3 is 2.05 bits per heavy atom. The molecule has 0 amide bonds. The zero-order chi connectivity index (χ0) is 15.5. The van der Waals surface area contributed by atoms with E-state index in [2.05, 4.69) is 21.8 Å². The second kappa shape index (κ2) is 10.1. The van der Waals surface area contributed by atoms with Gasteiger partial charge < -0.3 is 9.80 Å². The van der Waals surface area contributed by atoms with Crippen molar-refractivity contribution in [3.63, 3.8) is 0 Å². The number of nitro groups is 1. The smallest absolute Gasteiger partial charge is 0.287 e. The fourth-order valence-electron chi connectivity index (χ4n) is 1.71. The van der Waals surface area contributed by atoms with Crippen molar-refractivity contribution in [3.8, 4) is 0 Å². The molecule has 1 aromatic rings. The molecule has 0 aliphatic carbocycles. The van der Waals surface area contributed by atoms with Gasteiger partial charge in [0.15, 0.2) is 0 Å². The van der Waals surface area contributed by atoms with Crippen LogP contribution in [0, 0.1) is 10.1 Å². The molecule has 2 rings (SSSR count). The van der Waals surface area contributed by atoms with Gasteiger partial charge in [-0.05, 0) is 13.1 Å². The van der Waals surface area contributed by atoms with Gasteiger partial charge in [-0.15, -0.1) is 0 Å². The molecule has 6 nitrogen and oxygen atoms in total. The Bertz CT molecular complexity index is 373. The molecular weight excluding hydrogens is 256 g/mol. The van der Waals surface area contributed by atoms with Crippen LogP contribution in [-0.2, 0) is 0 Å². The van der Waals surface area contributed by atoms with Crippen molar-refractivity contribution in [2.75, 3.05) is 38.1 Å². The standard InChI is InChI=1S/C10H14N4O2.2C2H6/c1-12-4-6-13(7-5-12)10-3-2-9(8-11-10)14(15)16;2*1-2/h2-3,8H,4-7H2,1H3;2*1-2H3. The molecule has 0 bridgehead atoms. The van der Waals surface area contributed by atoms with Crippen molar-refractivity contribution in [1.29, 1.82) is 0 Å². The SMILES string of the molecule is CC.CC.CN1CCN(c2ccc([N+](=O)[O-])cn2)CC1. The summed E-state index contributed by atoms with van der Waals surface area (Å²) in [7, 11) is 2.08. The minimum absolute atomic E-state index is 0.0397. The zero-order valence-corrected chi connectivity index (χ0v) is 13.2. The van der Waals surface area contributed by atoms with E-state index in [1.165, 1.54) is 12.3 Å². The lowest BCUT2D eigenvalue weighted by atomic mass is 10.3. The van der Waals surface area contributed by atoms with E-state index in [9.17, 15) is 10.1 Å². The highest BCUT2D eigenvalue weighted by molar-refractivity contribution is 5.43. The topological polar surface area (TPSA) is 62.5 Å². The lowest BCUT2D eigenvalue weighted by molar-refractivity contribution is -0.385. The molecule has 0 aromatic carbocycles. The molecule has 1 aromatic heterocycles. The van der Waals surface area contributed by atoms with Gasteiger partial charge in [0.25, 0.3) is 5.69 Å². The summed E-state index contributed by atoms with van der Waals surface area (Å²) in [5, 5.41) is 10.5. The number of piperazine rings is 1. The van der Waals surface area contributed by atoms with Gasteiger partial charge in [0.2, 0.25) is 0 Å². The van der Waals surface area contributed by atoms with Crippen molar-refractivity contribution in [3.05, 3.63) is 28.4 Å². The van der Waals surface area contributed by atoms with Crippen LogP contribution in [-0.4, -0.2) is 48.0 Å². The largest absolute Gasteiger partial charge is 0.354 e. The fourth-order valence-corrected chi connectivity index (χ4v) is 1.71. The molecule has 1 aliphatic rings. The van der Waals surface area contributed by atoms with E-state index in [1.54, 1.807) is 6.07 Å². The minimum Gasteiger partial charge on any atom is -0.354 e. The van der Waals surface area contributed by atoms with E-state index in [-0.39, 0.29) is 5.69 Å². The van der Waals surface area contributed by atoms with E-state index in [1.807, 2.05) is 27.7 Å². The molecule has 1 aliphatic heterocycles. The van der Waals surface area contributed by atoms with Crippen molar-refractivity contribution < 1.29 is 4.92 Å². The van der Waals surface area contributed by atoms with E-state index in [0.717, 1.165) is 32.0 Å². The van der Waals surface area contributed by atoms with Gasteiger partial charge in [-0.2, -0.15) is 0 Å². The van der Waals surface area contributed by atoms with E-state index in [4.69, 9.17) is 0 Å². The quantitative estimate of drug-likeness (QED) is 0.616. The molecule has 2 heterocycles. The monoisotopic (exact) mass is 282 g/mol. The van der Waals surface area contributed by atoms with Crippen LogP contribution >= 0.6 is 0 Å². The van der Waals surface area contributed by atoms with Crippen LogP contribution in [0.25, 0.3) is 0 Å². The number of hydrogen-bond acceptors (Lipinski definition) is 5. The lowest BCUT2D eigenvalue weighted by Crippen LogP contribution is -2.44. The second-order valence-corrected chi connectivity index (χ2v) is 3.92. The average Bonchev–Trinajstić information content (AvgIpc) is 2.52. The van der Waals surface area contributed by atoms with Gasteiger partial charge in [0.05, 0.1) is 4.92 Å². The molecule has 20 heavy (non-hydrogen) atoms. The Kier molecular flexibility index (Phi) is 9.28. The molecule has 0 unspecified atom stereocenters. The van der Waals surface area contributed by atoms with Gasteiger partial charge >= 0.3 is 0 Å². The highest BCUT2D eigenvalue weighted by Gasteiger charge is 2.16. The summed E-state index contributed by atoms with van der Waals surface area (Å²) in [6.07, 6.45) is 1.31. The zero-order valence-electron chi connectivity index (χ0n) is 13.2. The maximum atomic E-state index is 10.5. The van der Waals surface area contributed by atoms with Gasteiger partial charge in [0, 0.05) is 32.2 Å². The van der Waals surface area contributed by atoms with Crippen LogP contribution in [0.2, 0.25) is 0 Å². The van der Waals surface area contributed by atoms with E-state index < -0.39 is 4.92 Å². The molecule has 6 heteroatoms. The fraction of sp³-hybridized carbons (Fsp3) is 0.643. The van der Waals surface area contributed by atoms with Crippen LogP contribution in [0.15, 0.2) is 18.3 Å². The summed E-state index contributed by atoms with van der Waals surface area (Å²) >= 11 is 0. The Balaban J connectivity index is 0.000000829. The summed E-state index contributed by atoms with van der Waals surface area (Å²) in [5.74, 6) is 0.818. The summed E-state index contributed by atoms with van der Waals surface area (Å²) < 4.78 is 0. The van der Waals surface area contributed by atoms with Crippen LogP contribution in [0.4, 0.5) is 11.5 Å². The molecule has 1 saturated heterocycles.